The molecule has 0 aliphatic carbocycles. The SMILES string of the molecule is Brc1cccc2cc3c(n12)CNCC3. The molecule has 1 N–H and O–H groups in total. The smallest absolute Gasteiger partial charge is 0.0894 e. The molecule has 1 aliphatic heterocycles. The van der Waals surface area contributed by atoms with Gasteiger partial charge in [-0.2, -0.15) is 0 Å². The first-order valence-corrected chi connectivity index (χ1v) is 5.64. The summed E-state index contributed by atoms with van der Waals surface area (Å²) in [4.78, 5) is 0. The van der Waals surface area contributed by atoms with Gasteiger partial charge in [0.1, 0.15) is 0 Å². The average molecular weight is 251 g/mol. The lowest BCUT2D eigenvalue weighted by molar-refractivity contribution is 0.626. The second-order valence-electron chi connectivity index (χ2n) is 3.65. The maximum atomic E-state index is 3.59. The summed E-state index contributed by atoms with van der Waals surface area (Å²) in [5, 5.41) is 3.40. The third-order valence-corrected chi connectivity index (χ3v) is 3.42. The van der Waals surface area contributed by atoms with Gasteiger partial charge in [-0.25, -0.2) is 0 Å². The van der Waals surface area contributed by atoms with Gasteiger partial charge >= 0.3 is 0 Å². The average Bonchev–Trinajstić information content (AvgIpc) is 2.57. The van der Waals surface area contributed by atoms with Gasteiger partial charge in [-0.15, -0.1) is 0 Å². The van der Waals surface area contributed by atoms with Crippen molar-refractivity contribution >= 4 is 21.4 Å². The molecule has 2 aromatic rings. The number of pyridine rings is 1. The Bertz CT molecular complexity index is 487. The van der Waals surface area contributed by atoms with Crippen LogP contribution in [0.5, 0.6) is 0 Å². The molecule has 0 amide bonds. The Balaban J connectivity index is 2.38. The summed E-state index contributed by atoms with van der Waals surface area (Å²) in [7, 11) is 0. The second kappa shape index (κ2) is 3.11. The van der Waals surface area contributed by atoms with Crippen molar-refractivity contribution in [1.29, 1.82) is 0 Å². The highest BCUT2D eigenvalue weighted by Crippen LogP contribution is 2.24. The molecular weight excluding hydrogens is 240 g/mol. The van der Waals surface area contributed by atoms with Gasteiger partial charge in [0.2, 0.25) is 0 Å². The van der Waals surface area contributed by atoms with Crippen molar-refractivity contribution in [3.8, 4) is 0 Å². The van der Waals surface area contributed by atoms with Crippen LogP contribution in [-0.4, -0.2) is 10.9 Å². The molecule has 0 bridgehead atoms. The Hall–Kier alpha value is -0.800. The number of halogens is 1. The Morgan fingerprint density at radius 2 is 2.29 bits per heavy atom. The summed E-state index contributed by atoms with van der Waals surface area (Å²) in [6.07, 6.45) is 1.14. The van der Waals surface area contributed by atoms with Crippen molar-refractivity contribution < 1.29 is 0 Å². The highest BCUT2D eigenvalue weighted by Gasteiger charge is 2.14. The predicted octanol–water partition coefficient (Wildman–Crippen LogP) is 2.35. The first kappa shape index (κ1) is 8.50. The number of nitrogens with zero attached hydrogens (tertiary/aromatic N) is 1. The third kappa shape index (κ3) is 1.12. The molecule has 0 spiro atoms. The zero-order valence-corrected chi connectivity index (χ0v) is 9.34. The van der Waals surface area contributed by atoms with Gasteiger partial charge in [0.05, 0.1) is 4.60 Å². The van der Waals surface area contributed by atoms with E-state index in [1.54, 1.807) is 0 Å². The number of nitrogens with one attached hydrogen (secondary N) is 1. The molecule has 0 radical (unpaired) electrons. The number of fused-ring (bicyclic) bond motifs is 3. The van der Waals surface area contributed by atoms with Gasteiger partial charge in [-0.3, -0.25) is 0 Å². The molecule has 3 rings (SSSR count). The van der Waals surface area contributed by atoms with Gasteiger partial charge in [0.15, 0.2) is 0 Å². The largest absolute Gasteiger partial charge is 0.311 e. The van der Waals surface area contributed by atoms with Gasteiger partial charge < -0.3 is 9.72 Å². The lowest BCUT2D eigenvalue weighted by Crippen LogP contribution is -2.23. The summed E-state index contributed by atoms with van der Waals surface area (Å²) in [5.41, 5.74) is 4.17. The van der Waals surface area contributed by atoms with Crippen LogP contribution in [0.1, 0.15) is 11.3 Å². The Morgan fingerprint density at radius 1 is 1.36 bits per heavy atom. The second-order valence-corrected chi connectivity index (χ2v) is 4.46. The Morgan fingerprint density at radius 3 is 3.21 bits per heavy atom. The van der Waals surface area contributed by atoms with Crippen LogP contribution in [-0.2, 0) is 13.0 Å². The monoisotopic (exact) mass is 250 g/mol. The van der Waals surface area contributed by atoms with Crippen molar-refractivity contribution in [2.45, 2.75) is 13.0 Å². The normalized spacial score (nSPS) is 15.8. The summed E-state index contributed by atoms with van der Waals surface area (Å²) in [6, 6.07) is 8.62. The Kier molecular flexibility index (Phi) is 1.89. The molecule has 3 heteroatoms. The van der Waals surface area contributed by atoms with Crippen molar-refractivity contribution in [3.63, 3.8) is 0 Å². The van der Waals surface area contributed by atoms with Crippen molar-refractivity contribution in [2.24, 2.45) is 0 Å². The van der Waals surface area contributed by atoms with Gasteiger partial charge in [0.25, 0.3) is 0 Å². The van der Waals surface area contributed by atoms with E-state index in [1.807, 2.05) is 0 Å². The van der Waals surface area contributed by atoms with Gasteiger partial charge in [-0.1, -0.05) is 6.07 Å². The van der Waals surface area contributed by atoms with Crippen molar-refractivity contribution in [1.82, 2.24) is 9.72 Å². The lowest BCUT2D eigenvalue weighted by atomic mass is 10.1. The fraction of sp³-hybridized carbons (Fsp3) is 0.273. The molecule has 1 aliphatic rings. The van der Waals surface area contributed by atoms with Crippen LogP contribution in [0.15, 0.2) is 28.9 Å². The molecule has 2 nitrogen and oxygen atoms in total. The minimum absolute atomic E-state index is 0.978. The molecule has 0 saturated carbocycles. The van der Waals surface area contributed by atoms with Gasteiger partial charge in [0, 0.05) is 17.8 Å². The van der Waals surface area contributed by atoms with Crippen LogP contribution in [0.3, 0.4) is 0 Å². The van der Waals surface area contributed by atoms with Crippen LogP contribution in [0, 0.1) is 0 Å². The molecule has 2 aromatic heterocycles. The minimum atomic E-state index is 0.978. The lowest BCUT2D eigenvalue weighted by Gasteiger charge is -2.14. The predicted molar refractivity (Wildman–Crippen MR) is 60.5 cm³/mol. The Labute approximate surface area is 91.1 Å². The summed E-state index contributed by atoms with van der Waals surface area (Å²) >= 11 is 3.59. The van der Waals surface area contributed by atoms with E-state index in [4.69, 9.17) is 0 Å². The van der Waals surface area contributed by atoms with E-state index in [0.29, 0.717) is 0 Å². The van der Waals surface area contributed by atoms with Crippen LogP contribution < -0.4 is 5.32 Å². The quantitative estimate of drug-likeness (QED) is 0.711. The fourth-order valence-electron chi connectivity index (χ4n) is 2.14. The van der Waals surface area contributed by atoms with E-state index in [0.717, 1.165) is 24.1 Å². The molecular formula is C11H11BrN2. The molecule has 0 unspecified atom stereocenters. The highest BCUT2D eigenvalue weighted by atomic mass is 79.9. The van der Waals surface area contributed by atoms with E-state index >= 15 is 0 Å². The van der Waals surface area contributed by atoms with Crippen LogP contribution in [0.4, 0.5) is 0 Å². The summed E-state index contributed by atoms with van der Waals surface area (Å²) in [5.74, 6) is 0. The van der Waals surface area contributed by atoms with Crippen LogP contribution in [0.25, 0.3) is 5.52 Å². The van der Waals surface area contributed by atoms with Gasteiger partial charge in [-0.05, 0) is 52.7 Å². The maximum absolute atomic E-state index is 3.59. The van der Waals surface area contributed by atoms with Crippen molar-refractivity contribution in [3.05, 3.63) is 40.1 Å². The highest BCUT2D eigenvalue weighted by molar-refractivity contribution is 9.10. The molecule has 72 valence electrons. The molecule has 14 heavy (non-hydrogen) atoms. The zero-order chi connectivity index (χ0) is 9.54. The first-order chi connectivity index (χ1) is 6.86. The molecule has 3 heterocycles. The number of hydrogen-bond acceptors (Lipinski definition) is 1. The van der Waals surface area contributed by atoms with E-state index in [9.17, 15) is 0 Å². The fourth-order valence-corrected chi connectivity index (χ4v) is 2.71. The standard InChI is InChI=1S/C11H11BrN2/c12-11-3-1-2-9-6-8-4-5-13-7-10(8)14(9)11/h1-3,6,13H,4-5,7H2. The maximum Gasteiger partial charge on any atom is 0.0894 e. The zero-order valence-electron chi connectivity index (χ0n) is 7.76. The molecule has 0 saturated heterocycles. The summed E-state index contributed by atoms with van der Waals surface area (Å²) < 4.78 is 3.42. The number of hydrogen-bond donors (Lipinski definition) is 1. The first-order valence-electron chi connectivity index (χ1n) is 4.85. The van der Waals surface area contributed by atoms with E-state index < -0.39 is 0 Å². The van der Waals surface area contributed by atoms with Crippen LogP contribution in [0.2, 0.25) is 0 Å². The van der Waals surface area contributed by atoms with Crippen LogP contribution >= 0.6 is 15.9 Å². The topological polar surface area (TPSA) is 16.4 Å². The number of aromatic nitrogens is 1. The third-order valence-electron chi connectivity index (χ3n) is 2.80. The number of rotatable bonds is 0. The van der Waals surface area contributed by atoms with E-state index in [-0.39, 0.29) is 0 Å². The minimum Gasteiger partial charge on any atom is -0.311 e. The van der Waals surface area contributed by atoms with Crippen molar-refractivity contribution in [2.75, 3.05) is 6.54 Å². The summed E-state index contributed by atoms with van der Waals surface area (Å²) in [6.45, 7) is 2.08. The molecule has 0 aromatic carbocycles. The van der Waals surface area contributed by atoms with E-state index in [2.05, 4.69) is 49.9 Å². The molecule has 0 fully saturated rings. The molecule has 0 atom stereocenters. The van der Waals surface area contributed by atoms with E-state index in [1.165, 1.54) is 16.8 Å².